The molecular weight excluding hydrogens is 500 g/mol. The lowest BCUT2D eigenvalue weighted by Gasteiger charge is -2.44. The highest BCUT2D eigenvalue weighted by Gasteiger charge is 2.52. The van der Waals surface area contributed by atoms with E-state index >= 15 is 0 Å². The molecule has 1 aliphatic heterocycles. The summed E-state index contributed by atoms with van der Waals surface area (Å²) in [6.45, 7) is 3.97. The highest BCUT2D eigenvalue weighted by molar-refractivity contribution is 7.91. The van der Waals surface area contributed by atoms with Crippen molar-refractivity contribution in [1.29, 1.82) is 0 Å². The van der Waals surface area contributed by atoms with E-state index in [1.165, 1.54) is 12.1 Å². The van der Waals surface area contributed by atoms with Crippen LogP contribution in [0.15, 0.2) is 35.2 Å². The third-order valence-electron chi connectivity index (χ3n) is 4.89. The molecule has 0 spiro atoms. The molecule has 1 aliphatic rings. The number of esters is 4. The fraction of sp³-hybridized carbons (Fsp3) is 0.565. The third-order valence-corrected chi connectivity index (χ3v) is 6.71. The first-order valence-corrected chi connectivity index (χ1v) is 12.8. The van der Waals surface area contributed by atoms with E-state index in [4.69, 9.17) is 28.4 Å². The van der Waals surface area contributed by atoms with Crippen LogP contribution >= 0.6 is 0 Å². The standard InChI is InChI=1S/C23H30O12S/c1-14(24)31-13-19-20(32-15(2)25)21(33-16(3)26)22(34-17(4)27)23(35-19)30-11-8-12-36(28,29)18-9-6-5-7-10-18/h5-7,9-10,19-23H,8,11-13H2,1-4H3/t19-,20-,21+,22-,23-/m1/s1. The average Bonchev–Trinajstić information content (AvgIpc) is 2.78. The third kappa shape index (κ3) is 8.88. The fourth-order valence-corrected chi connectivity index (χ4v) is 4.82. The molecule has 36 heavy (non-hydrogen) atoms. The first-order chi connectivity index (χ1) is 16.9. The minimum atomic E-state index is -3.56. The minimum absolute atomic E-state index is 0.0596. The molecule has 0 aromatic heterocycles. The Labute approximate surface area is 209 Å². The highest BCUT2D eigenvalue weighted by Crippen LogP contribution is 2.30. The van der Waals surface area contributed by atoms with Crippen LogP contribution in [0.1, 0.15) is 34.1 Å². The molecule has 200 valence electrons. The van der Waals surface area contributed by atoms with Crippen LogP contribution in [0.2, 0.25) is 0 Å². The Hall–Kier alpha value is -3.03. The van der Waals surface area contributed by atoms with Gasteiger partial charge in [0.2, 0.25) is 0 Å². The van der Waals surface area contributed by atoms with E-state index in [0.29, 0.717) is 0 Å². The van der Waals surface area contributed by atoms with Crippen LogP contribution in [0.3, 0.4) is 0 Å². The summed E-state index contributed by atoms with van der Waals surface area (Å²) in [5.41, 5.74) is 0. The number of hydrogen-bond donors (Lipinski definition) is 0. The molecule has 0 N–H and O–H groups in total. The van der Waals surface area contributed by atoms with Crippen LogP contribution in [-0.2, 0) is 57.4 Å². The van der Waals surface area contributed by atoms with Gasteiger partial charge in [0.05, 0.1) is 17.3 Å². The molecule has 0 unspecified atom stereocenters. The van der Waals surface area contributed by atoms with Crippen LogP contribution in [-0.4, -0.2) is 82.0 Å². The molecule has 2 rings (SSSR count). The maximum absolute atomic E-state index is 12.5. The second-order valence-corrected chi connectivity index (χ2v) is 10.0. The minimum Gasteiger partial charge on any atom is -0.463 e. The van der Waals surface area contributed by atoms with E-state index in [2.05, 4.69) is 0 Å². The van der Waals surface area contributed by atoms with Gasteiger partial charge in [-0.25, -0.2) is 8.42 Å². The number of ether oxygens (including phenoxy) is 6. The molecule has 1 fully saturated rings. The van der Waals surface area contributed by atoms with Crippen molar-refractivity contribution in [3.63, 3.8) is 0 Å². The quantitative estimate of drug-likeness (QED) is 0.227. The number of rotatable bonds is 11. The van der Waals surface area contributed by atoms with Crippen molar-refractivity contribution in [2.45, 2.75) is 69.7 Å². The number of carbonyl (C=O) groups is 4. The summed E-state index contributed by atoms with van der Waals surface area (Å²) in [4.78, 5) is 46.9. The van der Waals surface area contributed by atoms with Crippen molar-refractivity contribution in [3.05, 3.63) is 30.3 Å². The average molecular weight is 531 g/mol. The lowest BCUT2D eigenvalue weighted by atomic mass is 9.98. The molecule has 0 amide bonds. The van der Waals surface area contributed by atoms with Gasteiger partial charge in [-0.1, -0.05) is 18.2 Å². The van der Waals surface area contributed by atoms with Crippen molar-refractivity contribution in [2.24, 2.45) is 0 Å². The SMILES string of the molecule is CC(=O)OC[C@H]1O[C@@H](OCCCS(=O)(=O)c2ccccc2)[C@H](OC(C)=O)[C@@H](OC(C)=O)[C@@H]1OC(C)=O. The van der Waals surface area contributed by atoms with Gasteiger partial charge in [0, 0.05) is 27.7 Å². The van der Waals surface area contributed by atoms with Crippen molar-refractivity contribution in [2.75, 3.05) is 19.0 Å². The zero-order chi connectivity index (χ0) is 26.9. The van der Waals surface area contributed by atoms with Crippen molar-refractivity contribution < 1.29 is 56.0 Å². The Morgan fingerprint density at radius 2 is 1.36 bits per heavy atom. The summed E-state index contributed by atoms with van der Waals surface area (Å²) in [5.74, 6) is -3.16. The van der Waals surface area contributed by atoms with Gasteiger partial charge in [-0.3, -0.25) is 19.2 Å². The Morgan fingerprint density at radius 3 is 1.92 bits per heavy atom. The van der Waals surface area contributed by atoms with Crippen molar-refractivity contribution in [1.82, 2.24) is 0 Å². The Balaban J connectivity index is 2.22. The van der Waals surface area contributed by atoms with Gasteiger partial charge in [-0.15, -0.1) is 0 Å². The van der Waals surface area contributed by atoms with E-state index < -0.39 is 64.4 Å². The normalized spacial score (nSPS) is 23.8. The predicted molar refractivity (Wildman–Crippen MR) is 121 cm³/mol. The highest BCUT2D eigenvalue weighted by atomic mass is 32.2. The summed E-state index contributed by atoms with van der Waals surface area (Å²) >= 11 is 0. The Bertz CT molecular complexity index is 1020. The van der Waals surface area contributed by atoms with E-state index in [9.17, 15) is 27.6 Å². The van der Waals surface area contributed by atoms with Crippen LogP contribution < -0.4 is 0 Å². The van der Waals surface area contributed by atoms with Gasteiger partial charge < -0.3 is 28.4 Å². The zero-order valence-electron chi connectivity index (χ0n) is 20.4. The van der Waals surface area contributed by atoms with Gasteiger partial charge >= 0.3 is 23.9 Å². The lowest BCUT2D eigenvalue weighted by molar-refractivity contribution is -0.308. The summed E-state index contributed by atoms with van der Waals surface area (Å²) in [5, 5.41) is 0. The summed E-state index contributed by atoms with van der Waals surface area (Å²) < 4.78 is 57.4. The number of carbonyl (C=O) groups excluding carboxylic acids is 4. The first-order valence-electron chi connectivity index (χ1n) is 11.1. The topological polar surface area (TPSA) is 158 Å². The fourth-order valence-electron chi connectivity index (χ4n) is 3.52. The smallest absolute Gasteiger partial charge is 0.303 e. The molecule has 12 nitrogen and oxygen atoms in total. The maximum Gasteiger partial charge on any atom is 0.303 e. The Morgan fingerprint density at radius 1 is 0.806 bits per heavy atom. The van der Waals surface area contributed by atoms with E-state index in [1.807, 2.05) is 0 Å². The molecule has 0 bridgehead atoms. The first kappa shape index (κ1) is 29.2. The molecule has 1 aromatic carbocycles. The number of benzene rings is 1. The number of hydrogen-bond acceptors (Lipinski definition) is 12. The van der Waals surface area contributed by atoms with E-state index in [0.717, 1.165) is 27.7 Å². The van der Waals surface area contributed by atoms with Crippen molar-refractivity contribution >= 4 is 33.7 Å². The second-order valence-electron chi connectivity index (χ2n) is 7.92. The van der Waals surface area contributed by atoms with Gasteiger partial charge in [0.15, 0.2) is 34.4 Å². The van der Waals surface area contributed by atoms with Crippen LogP contribution in [0, 0.1) is 0 Å². The summed E-state index contributed by atoms with van der Waals surface area (Å²) in [7, 11) is -3.56. The largest absolute Gasteiger partial charge is 0.463 e. The van der Waals surface area contributed by atoms with Crippen LogP contribution in [0.5, 0.6) is 0 Å². The van der Waals surface area contributed by atoms with Crippen molar-refractivity contribution in [3.8, 4) is 0 Å². The van der Waals surface area contributed by atoms with E-state index in [-0.39, 0.29) is 30.3 Å². The lowest BCUT2D eigenvalue weighted by Crippen LogP contribution is -2.63. The molecule has 13 heteroatoms. The molecule has 5 atom stereocenters. The maximum atomic E-state index is 12.5. The molecule has 1 heterocycles. The van der Waals surface area contributed by atoms with E-state index in [1.54, 1.807) is 18.2 Å². The molecule has 1 aromatic rings. The molecule has 0 aliphatic carbocycles. The van der Waals surface area contributed by atoms with Gasteiger partial charge in [0.25, 0.3) is 0 Å². The van der Waals surface area contributed by atoms with Gasteiger partial charge in [0.1, 0.15) is 12.7 Å². The van der Waals surface area contributed by atoms with Crippen LogP contribution in [0.4, 0.5) is 0 Å². The molecular formula is C23H30O12S. The summed E-state index contributed by atoms with van der Waals surface area (Å²) in [6, 6.07) is 7.89. The summed E-state index contributed by atoms with van der Waals surface area (Å²) in [6.07, 6.45) is -6.47. The zero-order valence-corrected chi connectivity index (χ0v) is 21.2. The van der Waals surface area contributed by atoms with Gasteiger partial charge in [-0.2, -0.15) is 0 Å². The molecule has 0 saturated carbocycles. The van der Waals surface area contributed by atoms with Crippen LogP contribution in [0.25, 0.3) is 0 Å². The second kappa shape index (κ2) is 13.3. The Kier molecular flexibility index (Phi) is 10.8. The monoisotopic (exact) mass is 530 g/mol. The molecule has 0 radical (unpaired) electrons. The number of sulfone groups is 1. The predicted octanol–water partition coefficient (Wildman–Crippen LogP) is 0.950. The van der Waals surface area contributed by atoms with Gasteiger partial charge in [-0.05, 0) is 18.6 Å². The molecule has 1 saturated heterocycles.